The summed E-state index contributed by atoms with van der Waals surface area (Å²) in [6, 6.07) is 9.12. The molecular formula is C19H24BrN3O3. The first-order chi connectivity index (χ1) is 12.5. The smallest absolute Gasteiger partial charge is 0.339 e. The zero-order chi connectivity index (χ0) is 19.1. The third kappa shape index (κ3) is 4.40. The molecule has 0 aliphatic carbocycles. The highest BCUT2D eigenvalue weighted by molar-refractivity contribution is 9.10. The molecule has 0 aliphatic heterocycles. The second kappa shape index (κ2) is 9.33. The Morgan fingerprint density at radius 2 is 1.96 bits per heavy atom. The highest BCUT2D eigenvalue weighted by atomic mass is 79.9. The van der Waals surface area contributed by atoms with Crippen LogP contribution in [0.5, 0.6) is 5.75 Å². The van der Waals surface area contributed by atoms with E-state index in [4.69, 9.17) is 15.2 Å². The number of rotatable bonds is 8. The first kappa shape index (κ1) is 19.9. The third-order valence-electron chi connectivity index (χ3n) is 3.91. The molecule has 26 heavy (non-hydrogen) atoms. The number of carbonyl (C=O) groups is 1. The van der Waals surface area contributed by atoms with Gasteiger partial charge in [0.1, 0.15) is 11.4 Å². The van der Waals surface area contributed by atoms with E-state index < -0.39 is 0 Å². The number of nitrogens with one attached hydrogen (secondary N) is 2. The number of halogens is 1. The monoisotopic (exact) mass is 421 g/mol. The minimum absolute atomic E-state index is 0.386. The summed E-state index contributed by atoms with van der Waals surface area (Å²) in [5, 5.41) is 6.56. The standard InChI is InChI=1S/C19H24BrN3O3/c1-4-9-22-18-15(25-2)10-12(16(20)17(18)21)11-23-14-8-6-5-7-13(14)19(24)26-3/h5-8,10,22-23H,4,9,11,21H2,1-3H3. The van der Waals surface area contributed by atoms with Gasteiger partial charge in [0, 0.05) is 23.2 Å². The van der Waals surface area contributed by atoms with Crippen molar-refractivity contribution in [3.8, 4) is 5.75 Å². The molecule has 0 saturated heterocycles. The molecule has 0 spiro atoms. The van der Waals surface area contributed by atoms with Gasteiger partial charge in [-0.1, -0.05) is 19.1 Å². The number of nitrogen functional groups attached to an aromatic ring is 1. The minimum atomic E-state index is -0.386. The second-order valence-electron chi connectivity index (χ2n) is 5.66. The topological polar surface area (TPSA) is 85.6 Å². The van der Waals surface area contributed by atoms with Crippen molar-refractivity contribution >= 4 is 39.0 Å². The number of methoxy groups -OCH3 is 2. The van der Waals surface area contributed by atoms with E-state index in [1.54, 1.807) is 19.2 Å². The van der Waals surface area contributed by atoms with Crippen molar-refractivity contribution in [3.05, 3.63) is 45.9 Å². The normalized spacial score (nSPS) is 10.3. The maximum atomic E-state index is 11.9. The van der Waals surface area contributed by atoms with Crippen LogP contribution in [0.25, 0.3) is 0 Å². The molecule has 7 heteroatoms. The molecule has 0 aliphatic rings. The van der Waals surface area contributed by atoms with Gasteiger partial charge in [-0.05, 0) is 46.1 Å². The van der Waals surface area contributed by atoms with Crippen LogP contribution in [0.3, 0.4) is 0 Å². The van der Waals surface area contributed by atoms with Crippen LogP contribution < -0.4 is 21.1 Å². The molecule has 4 N–H and O–H groups in total. The van der Waals surface area contributed by atoms with Crippen molar-refractivity contribution in [1.82, 2.24) is 0 Å². The Kier molecular flexibility index (Phi) is 7.15. The van der Waals surface area contributed by atoms with Crippen LogP contribution >= 0.6 is 15.9 Å². The molecule has 0 fully saturated rings. The summed E-state index contributed by atoms with van der Waals surface area (Å²) in [6.07, 6.45) is 0.980. The first-order valence-corrected chi connectivity index (χ1v) is 9.12. The van der Waals surface area contributed by atoms with E-state index in [1.165, 1.54) is 7.11 Å². The third-order valence-corrected chi connectivity index (χ3v) is 4.85. The van der Waals surface area contributed by atoms with Gasteiger partial charge in [0.25, 0.3) is 0 Å². The van der Waals surface area contributed by atoms with Crippen molar-refractivity contribution in [1.29, 1.82) is 0 Å². The van der Waals surface area contributed by atoms with Crippen LogP contribution in [-0.4, -0.2) is 26.7 Å². The lowest BCUT2D eigenvalue weighted by Gasteiger charge is -2.18. The molecule has 2 aromatic rings. The van der Waals surface area contributed by atoms with E-state index in [1.807, 2.05) is 18.2 Å². The largest absolute Gasteiger partial charge is 0.494 e. The van der Waals surface area contributed by atoms with Crippen molar-refractivity contribution in [2.24, 2.45) is 0 Å². The average molecular weight is 422 g/mol. The van der Waals surface area contributed by atoms with Gasteiger partial charge in [-0.3, -0.25) is 0 Å². The summed E-state index contributed by atoms with van der Waals surface area (Å²) < 4.78 is 11.1. The van der Waals surface area contributed by atoms with Crippen LogP contribution in [0.2, 0.25) is 0 Å². The fraction of sp³-hybridized carbons (Fsp3) is 0.316. The van der Waals surface area contributed by atoms with Gasteiger partial charge in [-0.25, -0.2) is 4.79 Å². The number of carbonyl (C=O) groups excluding carboxylic acids is 1. The lowest BCUT2D eigenvalue weighted by atomic mass is 10.1. The van der Waals surface area contributed by atoms with Gasteiger partial charge >= 0.3 is 5.97 Å². The molecule has 0 radical (unpaired) electrons. The van der Waals surface area contributed by atoms with E-state index in [0.717, 1.165) is 28.7 Å². The van der Waals surface area contributed by atoms with Gasteiger partial charge < -0.3 is 25.8 Å². The van der Waals surface area contributed by atoms with Crippen LogP contribution in [0.1, 0.15) is 29.3 Å². The molecule has 0 heterocycles. The highest BCUT2D eigenvalue weighted by Crippen LogP contribution is 2.39. The molecule has 6 nitrogen and oxygen atoms in total. The lowest BCUT2D eigenvalue weighted by Crippen LogP contribution is -2.10. The fourth-order valence-electron chi connectivity index (χ4n) is 2.55. The van der Waals surface area contributed by atoms with Gasteiger partial charge in [0.05, 0.1) is 25.5 Å². The quantitative estimate of drug-likeness (QED) is 0.436. The number of ether oxygens (including phenoxy) is 2. The van der Waals surface area contributed by atoms with Gasteiger partial charge in [-0.2, -0.15) is 0 Å². The molecule has 0 aromatic heterocycles. The SMILES string of the molecule is CCCNc1c(OC)cc(CNc2ccccc2C(=O)OC)c(Br)c1N. The molecule has 140 valence electrons. The number of anilines is 3. The van der Waals surface area contributed by atoms with Crippen molar-refractivity contribution in [2.45, 2.75) is 19.9 Å². The Bertz CT molecular complexity index is 781. The average Bonchev–Trinajstić information content (AvgIpc) is 2.67. The summed E-state index contributed by atoms with van der Waals surface area (Å²) in [5.74, 6) is 0.292. The van der Waals surface area contributed by atoms with Gasteiger partial charge in [0.15, 0.2) is 0 Å². The first-order valence-electron chi connectivity index (χ1n) is 8.33. The summed E-state index contributed by atoms with van der Waals surface area (Å²) in [6.45, 7) is 3.35. The molecular weight excluding hydrogens is 398 g/mol. The number of hydrogen-bond donors (Lipinski definition) is 3. The summed E-state index contributed by atoms with van der Waals surface area (Å²) in [5.41, 5.74) is 9.74. The number of nitrogens with two attached hydrogens (primary N) is 1. The van der Waals surface area contributed by atoms with Gasteiger partial charge in [-0.15, -0.1) is 0 Å². The van der Waals surface area contributed by atoms with Crippen LogP contribution in [0, 0.1) is 0 Å². The van der Waals surface area contributed by atoms with E-state index in [2.05, 4.69) is 33.5 Å². The van der Waals surface area contributed by atoms with Crippen LogP contribution in [0.4, 0.5) is 17.1 Å². The van der Waals surface area contributed by atoms with Crippen molar-refractivity contribution < 1.29 is 14.3 Å². The summed E-state index contributed by atoms with van der Waals surface area (Å²) in [7, 11) is 2.98. The highest BCUT2D eigenvalue weighted by Gasteiger charge is 2.16. The Balaban J connectivity index is 2.28. The van der Waals surface area contributed by atoms with E-state index >= 15 is 0 Å². The molecule has 2 rings (SSSR count). The number of esters is 1. The number of para-hydroxylation sites is 1. The predicted molar refractivity (Wildman–Crippen MR) is 109 cm³/mol. The number of hydrogen-bond acceptors (Lipinski definition) is 6. The van der Waals surface area contributed by atoms with Crippen molar-refractivity contribution in [3.63, 3.8) is 0 Å². The van der Waals surface area contributed by atoms with Crippen LogP contribution in [-0.2, 0) is 11.3 Å². The molecule has 0 unspecified atom stereocenters. The maximum absolute atomic E-state index is 11.9. The zero-order valence-electron chi connectivity index (χ0n) is 15.2. The maximum Gasteiger partial charge on any atom is 0.339 e. The Morgan fingerprint density at radius 3 is 2.62 bits per heavy atom. The Hall–Kier alpha value is -2.41. The molecule has 0 saturated carbocycles. The summed E-state index contributed by atoms with van der Waals surface area (Å²) in [4.78, 5) is 11.9. The van der Waals surface area contributed by atoms with E-state index in [0.29, 0.717) is 29.2 Å². The van der Waals surface area contributed by atoms with Gasteiger partial charge in [0.2, 0.25) is 0 Å². The zero-order valence-corrected chi connectivity index (χ0v) is 16.8. The molecule has 0 amide bonds. The number of benzene rings is 2. The minimum Gasteiger partial charge on any atom is -0.494 e. The van der Waals surface area contributed by atoms with Crippen molar-refractivity contribution in [2.75, 3.05) is 37.1 Å². The fourth-order valence-corrected chi connectivity index (χ4v) is 3.00. The van der Waals surface area contributed by atoms with E-state index in [9.17, 15) is 4.79 Å². The lowest BCUT2D eigenvalue weighted by molar-refractivity contribution is 0.0602. The molecule has 2 aromatic carbocycles. The summed E-state index contributed by atoms with van der Waals surface area (Å²) >= 11 is 3.57. The second-order valence-corrected chi connectivity index (χ2v) is 6.45. The Labute approximate surface area is 162 Å². The molecule has 0 atom stereocenters. The van der Waals surface area contributed by atoms with E-state index in [-0.39, 0.29) is 5.97 Å². The predicted octanol–water partition coefficient (Wildman–Crippen LogP) is 4.26. The Morgan fingerprint density at radius 1 is 1.23 bits per heavy atom. The van der Waals surface area contributed by atoms with Crippen LogP contribution in [0.15, 0.2) is 34.8 Å². The molecule has 0 bridgehead atoms.